The zero-order valence-corrected chi connectivity index (χ0v) is 15.2. The number of nitrogens with zero attached hydrogens (tertiary/aromatic N) is 4. The summed E-state index contributed by atoms with van der Waals surface area (Å²) < 4.78 is 0. The summed E-state index contributed by atoms with van der Waals surface area (Å²) in [6, 6.07) is 9.38. The van der Waals surface area contributed by atoms with Crippen LogP contribution in [0.1, 0.15) is 33.1 Å². The average Bonchev–Trinajstić information content (AvgIpc) is 2.68. The molecule has 0 aliphatic heterocycles. The standard InChI is InChI=1S/C19H24N4O3/c1-4-6-10-15(3)20-19(22-26)17(14-24)18(21-25)13-23(5-2)16-11-8-7-9-12-16/h7-9,11-12,14H,3-6,10,13H2,1-2H3/b18-17+,20-19?. The van der Waals surface area contributed by atoms with Crippen molar-refractivity contribution >= 4 is 17.8 Å². The van der Waals surface area contributed by atoms with Crippen molar-refractivity contribution in [2.45, 2.75) is 33.1 Å². The molecule has 0 bridgehead atoms. The second kappa shape index (κ2) is 11.6. The van der Waals surface area contributed by atoms with Crippen LogP contribution in [0.2, 0.25) is 0 Å². The number of likely N-dealkylation sites (N-methyl/N-ethyl adjacent to an activating group) is 1. The Hall–Kier alpha value is -2.96. The van der Waals surface area contributed by atoms with Crippen molar-refractivity contribution in [3.05, 3.63) is 63.7 Å². The molecule has 0 aliphatic rings. The third kappa shape index (κ3) is 6.16. The molecule has 0 atom stereocenters. The lowest BCUT2D eigenvalue weighted by molar-refractivity contribution is -0.104. The number of carbonyl (C=O) groups is 1. The number of anilines is 1. The Kier molecular flexibility index (Phi) is 9.38. The molecule has 0 heterocycles. The SMILES string of the molecule is C=C(CCCC)N=C(N=O)/C(C=O)=C(\CN(CC)c1ccccc1)N=O. The highest BCUT2D eigenvalue weighted by Crippen LogP contribution is 2.18. The molecule has 7 nitrogen and oxygen atoms in total. The minimum atomic E-state index is -0.361. The summed E-state index contributed by atoms with van der Waals surface area (Å²) in [5.41, 5.74) is 1.00. The van der Waals surface area contributed by atoms with Gasteiger partial charge in [0.1, 0.15) is 5.70 Å². The van der Waals surface area contributed by atoms with Crippen LogP contribution in [0.3, 0.4) is 0 Å². The molecule has 0 amide bonds. The van der Waals surface area contributed by atoms with Crippen LogP contribution in [0, 0.1) is 9.81 Å². The Labute approximate surface area is 153 Å². The van der Waals surface area contributed by atoms with Crippen LogP contribution >= 0.6 is 0 Å². The summed E-state index contributed by atoms with van der Waals surface area (Å²) in [6.45, 7) is 8.34. The Morgan fingerprint density at radius 3 is 2.35 bits per heavy atom. The molecule has 0 saturated heterocycles. The van der Waals surface area contributed by atoms with Crippen LogP contribution in [-0.4, -0.2) is 25.2 Å². The maximum atomic E-state index is 11.5. The monoisotopic (exact) mass is 356 g/mol. The molecule has 26 heavy (non-hydrogen) atoms. The number of hydrogen-bond donors (Lipinski definition) is 0. The van der Waals surface area contributed by atoms with Crippen LogP contribution in [0.25, 0.3) is 0 Å². The van der Waals surface area contributed by atoms with Crippen LogP contribution in [0.4, 0.5) is 5.69 Å². The molecule has 0 saturated carbocycles. The predicted octanol–water partition coefficient (Wildman–Crippen LogP) is 4.60. The quantitative estimate of drug-likeness (QED) is 0.190. The fourth-order valence-corrected chi connectivity index (χ4v) is 2.33. The molecular formula is C19H24N4O3. The van der Waals surface area contributed by atoms with Crippen LogP contribution in [0.15, 0.2) is 69.2 Å². The van der Waals surface area contributed by atoms with Gasteiger partial charge in [-0.25, -0.2) is 4.99 Å². The number of unbranched alkanes of at least 4 members (excludes halogenated alkanes) is 1. The number of amidine groups is 1. The van der Waals surface area contributed by atoms with E-state index in [4.69, 9.17) is 0 Å². The third-order valence-electron chi connectivity index (χ3n) is 3.79. The lowest BCUT2D eigenvalue weighted by Gasteiger charge is -2.22. The topological polar surface area (TPSA) is 91.5 Å². The molecule has 1 rings (SSSR count). The van der Waals surface area contributed by atoms with Crippen molar-refractivity contribution in [1.82, 2.24) is 0 Å². The van der Waals surface area contributed by atoms with E-state index in [1.807, 2.05) is 49.1 Å². The van der Waals surface area contributed by atoms with Gasteiger partial charge in [-0.2, -0.15) is 0 Å². The van der Waals surface area contributed by atoms with Crippen molar-refractivity contribution in [3.8, 4) is 0 Å². The first kappa shape index (κ1) is 21.1. The van der Waals surface area contributed by atoms with Crippen LogP contribution in [0.5, 0.6) is 0 Å². The molecule has 1 aromatic carbocycles. The van der Waals surface area contributed by atoms with E-state index in [0.717, 1.165) is 18.5 Å². The number of aldehydes is 1. The molecule has 0 aromatic heterocycles. The molecule has 7 heteroatoms. The largest absolute Gasteiger partial charge is 0.366 e. The van der Waals surface area contributed by atoms with E-state index < -0.39 is 0 Å². The average molecular weight is 356 g/mol. The Balaban J connectivity index is 3.19. The normalized spacial score (nSPS) is 12.2. The maximum absolute atomic E-state index is 11.5. The number of para-hydroxylation sites is 1. The first-order chi connectivity index (χ1) is 12.6. The number of rotatable bonds is 11. The van der Waals surface area contributed by atoms with Gasteiger partial charge in [0.2, 0.25) is 5.84 Å². The van der Waals surface area contributed by atoms with Crippen molar-refractivity contribution in [1.29, 1.82) is 0 Å². The molecule has 0 unspecified atom stereocenters. The summed E-state index contributed by atoms with van der Waals surface area (Å²) >= 11 is 0. The number of carbonyl (C=O) groups excluding carboxylic acids is 1. The van der Waals surface area contributed by atoms with Crippen molar-refractivity contribution < 1.29 is 4.79 Å². The zero-order chi connectivity index (χ0) is 19.4. The number of benzene rings is 1. The molecule has 138 valence electrons. The first-order valence-corrected chi connectivity index (χ1v) is 8.53. The summed E-state index contributed by atoms with van der Waals surface area (Å²) in [5, 5.41) is 5.77. The smallest absolute Gasteiger partial charge is 0.209 e. The highest BCUT2D eigenvalue weighted by molar-refractivity contribution is 6.15. The van der Waals surface area contributed by atoms with E-state index in [1.165, 1.54) is 0 Å². The van der Waals surface area contributed by atoms with Gasteiger partial charge >= 0.3 is 0 Å². The second-order valence-corrected chi connectivity index (χ2v) is 5.62. The highest BCUT2D eigenvalue weighted by atomic mass is 16.3. The molecule has 1 aromatic rings. The Morgan fingerprint density at radius 1 is 1.15 bits per heavy atom. The van der Waals surface area contributed by atoms with E-state index in [0.29, 0.717) is 24.9 Å². The Bertz CT molecular complexity index is 696. The second-order valence-electron chi connectivity index (χ2n) is 5.62. The van der Waals surface area contributed by atoms with Crippen LogP contribution < -0.4 is 4.90 Å². The van der Waals surface area contributed by atoms with Gasteiger partial charge in [0.25, 0.3) is 0 Å². The first-order valence-electron chi connectivity index (χ1n) is 8.53. The van der Waals surface area contributed by atoms with Gasteiger partial charge in [0, 0.05) is 17.9 Å². The van der Waals surface area contributed by atoms with E-state index in [2.05, 4.69) is 21.9 Å². The number of allylic oxidation sites excluding steroid dienone is 1. The summed E-state index contributed by atoms with van der Waals surface area (Å²) in [5.74, 6) is -0.361. The van der Waals surface area contributed by atoms with Gasteiger partial charge in [-0.15, -0.1) is 9.81 Å². The van der Waals surface area contributed by atoms with Gasteiger partial charge in [-0.1, -0.05) is 38.1 Å². The number of hydrogen-bond acceptors (Lipinski definition) is 6. The summed E-state index contributed by atoms with van der Waals surface area (Å²) in [7, 11) is 0. The molecule has 0 N–H and O–H groups in total. The third-order valence-corrected chi connectivity index (χ3v) is 3.79. The minimum Gasteiger partial charge on any atom is -0.366 e. The van der Waals surface area contributed by atoms with E-state index in [9.17, 15) is 14.6 Å². The van der Waals surface area contributed by atoms with Gasteiger partial charge < -0.3 is 4.90 Å². The van der Waals surface area contributed by atoms with Gasteiger partial charge in [-0.05, 0) is 42.3 Å². The molecule has 0 spiro atoms. The fraction of sp³-hybridized carbons (Fsp3) is 0.368. The van der Waals surface area contributed by atoms with E-state index in [-0.39, 0.29) is 23.7 Å². The number of nitroso groups, excluding NO2 is 2. The lowest BCUT2D eigenvalue weighted by atomic mass is 10.1. The van der Waals surface area contributed by atoms with Gasteiger partial charge in [-0.3, -0.25) is 4.79 Å². The molecule has 0 radical (unpaired) electrons. The molecule has 0 fully saturated rings. The summed E-state index contributed by atoms with van der Waals surface area (Å²) in [6.07, 6.45) is 2.77. The molecule has 0 aliphatic carbocycles. The minimum absolute atomic E-state index is 0.0636. The van der Waals surface area contributed by atoms with Crippen molar-refractivity contribution in [2.75, 3.05) is 18.0 Å². The fourth-order valence-electron chi connectivity index (χ4n) is 2.33. The zero-order valence-electron chi connectivity index (χ0n) is 15.2. The highest BCUT2D eigenvalue weighted by Gasteiger charge is 2.18. The summed E-state index contributed by atoms with van der Waals surface area (Å²) in [4.78, 5) is 39.9. The van der Waals surface area contributed by atoms with E-state index in [1.54, 1.807) is 0 Å². The van der Waals surface area contributed by atoms with Crippen molar-refractivity contribution in [2.24, 2.45) is 15.3 Å². The number of aliphatic imine (C=N–C) groups is 1. The van der Waals surface area contributed by atoms with Crippen molar-refractivity contribution in [3.63, 3.8) is 0 Å². The van der Waals surface area contributed by atoms with Crippen LogP contribution in [-0.2, 0) is 4.79 Å². The predicted molar refractivity (Wildman–Crippen MR) is 105 cm³/mol. The molecular weight excluding hydrogens is 332 g/mol. The Morgan fingerprint density at radius 2 is 1.85 bits per heavy atom. The maximum Gasteiger partial charge on any atom is 0.209 e. The lowest BCUT2D eigenvalue weighted by Crippen LogP contribution is -2.26. The van der Waals surface area contributed by atoms with Gasteiger partial charge in [0.15, 0.2) is 6.29 Å². The van der Waals surface area contributed by atoms with E-state index >= 15 is 0 Å². The van der Waals surface area contributed by atoms with Gasteiger partial charge in [0.05, 0.1) is 12.1 Å².